The minimum absolute atomic E-state index is 0.118. The molecular formula is C17H26N2O2S. The highest BCUT2D eigenvalue weighted by molar-refractivity contribution is 7.99. The maximum absolute atomic E-state index is 12.4. The van der Waals surface area contributed by atoms with Gasteiger partial charge in [0.1, 0.15) is 5.03 Å². The molecule has 0 atom stereocenters. The van der Waals surface area contributed by atoms with Gasteiger partial charge in [-0.05, 0) is 44.9 Å². The van der Waals surface area contributed by atoms with Crippen molar-refractivity contribution in [1.29, 1.82) is 0 Å². The number of hydrogen-bond donors (Lipinski definition) is 1. The lowest BCUT2D eigenvalue weighted by Crippen LogP contribution is -2.31. The van der Waals surface area contributed by atoms with Gasteiger partial charge in [0, 0.05) is 29.7 Å². The van der Waals surface area contributed by atoms with E-state index < -0.39 is 0 Å². The summed E-state index contributed by atoms with van der Waals surface area (Å²) < 4.78 is 1.82. The van der Waals surface area contributed by atoms with Gasteiger partial charge in [-0.2, -0.15) is 4.98 Å². The third-order valence-corrected chi connectivity index (χ3v) is 6.19. The summed E-state index contributed by atoms with van der Waals surface area (Å²) in [4.78, 5) is 16.8. The molecule has 1 N–H and O–H groups in total. The van der Waals surface area contributed by atoms with Crippen LogP contribution in [0.5, 0.6) is 0 Å². The van der Waals surface area contributed by atoms with Gasteiger partial charge in [0.15, 0.2) is 0 Å². The molecule has 0 radical (unpaired) electrons. The first-order chi connectivity index (χ1) is 10.8. The van der Waals surface area contributed by atoms with Crippen molar-refractivity contribution in [3.05, 3.63) is 21.7 Å². The summed E-state index contributed by atoms with van der Waals surface area (Å²) in [5, 5.41) is 10.7. The van der Waals surface area contributed by atoms with E-state index in [1.54, 1.807) is 0 Å². The lowest BCUT2D eigenvalue weighted by Gasteiger charge is -2.25. The quantitative estimate of drug-likeness (QED) is 0.847. The van der Waals surface area contributed by atoms with Crippen LogP contribution >= 0.6 is 11.8 Å². The average molecular weight is 322 g/mol. The van der Waals surface area contributed by atoms with Gasteiger partial charge in [-0.25, -0.2) is 4.79 Å². The normalized spacial score (nSPS) is 19.1. The third-order valence-electron chi connectivity index (χ3n) is 4.82. The number of aromatic nitrogens is 2. The van der Waals surface area contributed by atoms with Crippen LogP contribution < -0.4 is 5.69 Å². The van der Waals surface area contributed by atoms with E-state index in [0.717, 1.165) is 24.3 Å². The van der Waals surface area contributed by atoms with Gasteiger partial charge in [-0.15, -0.1) is 11.8 Å². The van der Waals surface area contributed by atoms with Crippen LogP contribution in [0.4, 0.5) is 0 Å². The fraction of sp³-hybridized carbons (Fsp3) is 0.765. The molecule has 0 aliphatic heterocycles. The number of aliphatic hydroxyl groups is 1. The van der Waals surface area contributed by atoms with Gasteiger partial charge in [0.05, 0.1) is 0 Å². The molecule has 2 aliphatic carbocycles. The van der Waals surface area contributed by atoms with E-state index in [1.807, 2.05) is 16.3 Å². The summed E-state index contributed by atoms with van der Waals surface area (Å²) in [5.74, 6) is 0. The van der Waals surface area contributed by atoms with Gasteiger partial charge in [-0.1, -0.05) is 19.3 Å². The molecule has 1 aromatic heterocycles. The van der Waals surface area contributed by atoms with Crippen molar-refractivity contribution in [3.63, 3.8) is 0 Å². The highest BCUT2D eigenvalue weighted by atomic mass is 32.2. The number of aliphatic hydroxyl groups excluding tert-OH is 1. The number of fused-ring (bicyclic) bond motifs is 1. The van der Waals surface area contributed by atoms with Gasteiger partial charge < -0.3 is 5.11 Å². The predicted molar refractivity (Wildman–Crippen MR) is 89.6 cm³/mol. The average Bonchev–Trinajstić information content (AvgIpc) is 2.55. The first-order valence-electron chi connectivity index (χ1n) is 8.69. The van der Waals surface area contributed by atoms with E-state index in [9.17, 15) is 4.79 Å². The summed E-state index contributed by atoms with van der Waals surface area (Å²) in [6.07, 6.45) is 11.5. The first kappa shape index (κ1) is 16.1. The Morgan fingerprint density at radius 3 is 2.68 bits per heavy atom. The molecule has 1 heterocycles. The molecule has 0 amide bonds. The maximum atomic E-state index is 12.4. The maximum Gasteiger partial charge on any atom is 0.348 e. The highest BCUT2D eigenvalue weighted by Crippen LogP contribution is 2.36. The Bertz CT molecular complexity index is 565. The van der Waals surface area contributed by atoms with E-state index in [0.29, 0.717) is 18.2 Å². The molecule has 1 saturated carbocycles. The Balaban J connectivity index is 1.89. The lowest BCUT2D eigenvalue weighted by atomic mass is 9.97. The lowest BCUT2D eigenvalue weighted by molar-refractivity contribution is 0.277. The van der Waals surface area contributed by atoms with Crippen molar-refractivity contribution < 1.29 is 5.11 Å². The van der Waals surface area contributed by atoms with E-state index in [1.165, 1.54) is 49.8 Å². The fourth-order valence-corrected chi connectivity index (χ4v) is 5.02. The van der Waals surface area contributed by atoms with Gasteiger partial charge in [0.2, 0.25) is 0 Å². The minimum Gasteiger partial charge on any atom is -0.396 e. The Kier molecular flexibility index (Phi) is 5.58. The number of nitrogens with zero attached hydrogens (tertiary/aromatic N) is 2. The van der Waals surface area contributed by atoms with Gasteiger partial charge in [-0.3, -0.25) is 4.57 Å². The zero-order chi connectivity index (χ0) is 15.4. The third kappa shape index (κ3) is 3.57. The second-order valence-corrected chi connectivity index (χ2v) is 7.73. The molecule has 0 aromatic carbocycles. The van der Waals surface area contributed by atoms with Crippen molar-refractivity contribution in [2.75, 3.05) is 6.61 Å². The molecule has 122 valence electrons. The Morgan fingerprint density at radius 2 is 1.91 bits per heavy atom. The SMILES string of the molecule is O=c1nc(SC2CCCCC2)c2c(n1CCCO)CCCC2. The molecule has 0 spiro atoms. The number of rotatable bonds is 5. The van der Waals surface area contributed by atoms with Crippen LogP contribution in [-0.2, 0) is 19.4 Å². The molecule has 0 bridgehead atoms. The van der Waals surface area contributed by atoms with E-state index >= 15 is 0 Å². The van der Waals surface area contributed by atoms with E-state index in [2.05, 4.69) is 4.98 Å². The minimum atomic E-state index is -0.118. The van der Waals surface area contributed by atoms with Crippen molar-refractivity contribution in [3.8, 4) is 0 Å². The van der Waals surface area contributed by atoms with Crippen LogP contribution in [0.25, 0.3) is 0 Å². The van der Waals surface area contributed by atoms with E-state index in [4.69, 9.17) is 5.11 Å². The standard InChI is InChI=1S/C17H26N2O2S/c20-12-6-11-19-15-10-5-4-9-14(15)16(18-17(19)21)22-13-7-2-1-3-8-13/h13,20H,1-12H2. The van der Waals surface area contributed by atoms with Crippen LogP contribution in [0.2, 0.25) is 0 Å². The topological polar surface area (TPSA) is 55.1 Å². The van der Waals surface area contributed by atoms with Crippen molar-refractivity contribution in [2.24, 2.45) is 0 Å². The molecule has 0 unspecified atom stereocenters. The Hall–Kier alpha value is -0.810. The molecule has 3 rings (SSSR count). The van der Waals surface area contributed by atoms with Gasteiger partial charge in [0.25, 0.3) is 0 Å². The summed E-state index contributed by atoms with van der Waals surface area (Å²) >= 11 is 1.85. The second kappa shape index (κ2) is 7.64. The Morgan fingerprint density at radius 1 is 1.14 bits per heavy atom. The summed E-state index contributed by atoms with van der Waals surface area (Å²) in [7, 11) is 0. The van der Waals surface area contributed by atoms with E-state index in [-0.39, 0.29) is 12.3 Å². The fourth-order valence-electron chi connectivity index (χ4n) is 3.65. The predicted octanol–water partition coefficient (Wildman–Crippen LogP) is 2.93. The molecule has 22 heavy (non-hydrogen) atoms. The van der Waals surface area contributed by atoms with Crippen LogP contribution in [0.3, 0.4) is 0 Å². The molecule has 5 heteroatoms. The largest absolute Gasteiger partial charge is 0.396 e. The van der Waals surface area contributed by atoms with Crippen molar-refractivity contribution in [2.45, 2.75) is 81.0 Å². The molecule has 2 aliphatic rings. The smallest absolute Gasteiger partial charge is 0.348 e. The second-order valence-electron chi connectivity index (χ2n) is 6.44. The zero-order valence-corrected chi connectivity index (χ0v) is 14.0. The Labute approximate surface area is 136 Å². The number of hydrogen-bond acceptors (Lipinski definition) is 4. The first-order valence-corrected chi connectivity index (χ1v) is 9.57. The zero-order valence-electron chi connectivity index (χ0n) is 13.2. The monoisotopic (exact) mass is 322 g/mol. The van der Waals surface area contributed by atoms with Crippen LogP contribution in [0.1, 0.15) is 62.6 Å². The van der Waals surface area contributed by atoms with Crippen LogP contribution in [-0.4, -0.2) is 26.5 Å². The van der Waals surface area contributed by atoms with Crippen LogP contribution in [0, 0.1) is 0 Å². The summed E-state index contributed by atoms with van der Waals surface area (Å²) in [5.41, 5.74) is 2.39. The van der Waals surface area contributed by atoms with Crippen molar-refractivity contribution in [1.82, 2.24) is 9.55 Å². The van der Waals surface area contributed by atoms with Crippen LogP contribution in [0.15, 0.2) is 9.82 Å². The molecule has 1 fully saturated rings. The molecular weight excluding hydrogens is 296 g/mol. The summed E-state index contributed by atoms with van der Waals surface area (Å²) in [6, 6.07) is 0. The number of thioether (sulfide) groups is 1. The molecule has 1 aromatic rings. The van der Waals surface area contributed by atoms with Gasteiger partial charge >= 0.3 is 5.69 Å². The van der Waals surface area contributed by atoms with Crippen molar-refractivity contribution >= 4 is 11.8 Å². The molecule has 4 nitrogen and oxygen atoms in total. The highest BCUT2D eigenvalue weighted by Gasteiger charge is 2.23. The summed E-state index contributed by atoms with van der Waals surface area (Å²) in [6.45, 7) is 0.721. The molecule has 0 saturated heterocycles.